The number of carbonyl (C=O) groups is 1. The van der Waals surface area contributed by atoms with Crippen molar-refractivity contribution in [2.45, 2.75) is 31.5 Å². The van der Waals surface area contributed by atoms with Crippen LogP contribution in [0.5, 0.6) is 0 Å². The summed E-state index contributed by atoms with van der Waals surface area (Å²) in [5.74, 6) is 0. The Bertz CT molecular complexity index is 269. The van der Waals surface area contributed by atoms with Gasteiger partial charge < -0.3 is 0 Å². The molecule has 76 valence electrons. The minimum absolute atomic E-state index is 0.149. The summed E-state index contributed by atoms with van der Waals surface area (Å²) >= 11 is 0.149. The van der Waals surface area contributed by atoms with Crippen molar-refractivity contribution in [2.24, 2.45) is 0 Å². The summed E-state index contributed by atoms with van der Waals surface area (Å²) < 4.78 is 0.461. The number of carbonyl (C=O) groups excluding carboxylic acids is 1. The van der Waals surface area contributed by atoms with Crippen LogP contribution in [0.3, 0.4) is 0 Å². The minimum atomic E-state index is 0.149. The molecule has 1 rings (SSSR count). The van der Waals surface area contributed by atoms with Gasteiger partial charge in [-0.05, 0) is 0 Å². The van der Waals surface area contributed by atoms with E-state index in [9.17, 15) is 4.79 Å². The van der Waals surface area contributed by atoms with Gasteiger partial charge in [-0.25, -0.2) is 0 Å². The zero-order chi connectivity index (χ0) is 10.2. The second-order valence-electron chi connectivity index (χ2n) is 3.25. The third kappa shape index (κ3) is 4.59. The summed E-state index contributed by atoms with van der Waals surface area (Å²) in [5, 5.41) is 0.955. The van der Waals surface area contributed by atoms with Crippen LogP contribution in [-0.4, -0.2) is 19.6 Å². The molecular weight excluding hydrogens is 239 g/mol. The first kappa shape index (κ1) is 11.5. The Morgan fingerprint density at radius 3 is 2.64 bits per heavy atom. The summed E-state index contributed by atoms with van der Waals surface area (Å²) in [6.45, 7) is 2.12. The van der Waals surface area contributed by atoms with Crippen molar-refractivity contribution in [1.29, 1.82) is 0 Å². The summed E-state index contributed by atoms with van der Waals surface area (Å²) in [6.07, 6.45) is 2.95. The first-order chi connectivity index (χ1) is 6.83. The van der Waals surface area contributed by atoms with Gasteiger partial charge in [-0.15, -0.1) is 0 Å². The molecule has 0 aliphatic rings. The Morgan fingerprint density at radius 2 is 2.00 bits per heavy atom. The molecule has 0 saturated heterocycles. The Labute approximate surface area is 92.1 Å². The van der Waals surface area contributed by atoms with Gasteiger partial charge >= 0.3 is 91.8 Å². The Kier molecular flexibility index (Phi) is 5.58. The van der Waals surface area contributed by atoms with Crippen LogP contribution >= 0.6 is 0 Å². The molecule has 0 spiro atoms. The molecule has 1 aromatic carbocycles. The number of hydrogen-bond acceptors (Lipinski definition) is 1. The fourth-order valence-electron chi connectivity index (χ4n) is 1.13. The third-order valence-corrected chi connectivity index (χ3v) is 4.08. The van der Waals surface area contributed by atoms with Gasteiger partial charge in [0.05, 0.1) is 0 Å². The molecule has 1 nitrogen and oxygen atoms in total. The predicted octanol–water partition coefficient (Wildman–Crippen LogP) is 2.61. The average molecular weight is 255 g/mol. The number of rotatable bonds is 6. The molecule has 0 atom stereocenters. The molecule has 1 aromatic rings. The molecule has 0 aromatic heterocycles. The van der Waals surface area contributed by atoms with E-state index in [2.05, 4.69) is 19.1 Å². The fourth-order valence-corrected chi connectivity index (χ4v) is 2.83. The second kappa shape index (κ2) is 6.80. The molecule has 2 heteroatoms. The maximum absolute atomic E-state index is 11.4. The van der Waals surface area contributed by atoms with E-state index in [4.69, 9.17) is 0 Å². The van der Waals surface area contributed by atoms with Crippen LogP contribution in [0.25, 0.3) is 0 Å². The van der Waals surface area contributed by atoms with Gasteiger partial charge in [0.2, 0.25) is 0 Å². The van der Waals surface area contributed by atoms with Crippen LogP contribution in [0.1, 0.15) is 31.7 Å². The fraction of sp³-hybridized carbons (Fsp3) is 0.417. The summed E-state index contributed by atoms with van der Waals surface area (Å²) in [6, 6.07) is 10.3. The molecule has 0 fully saturated rings. The van der Waals surface area contributed by atoms with E-state index in [-0.39, 0.29) is 15.0 Å². The standard InChI is InChI=1S/C12H16OSe/c1-2-3-9-12(13)14-10-11-7-5-4-6-8-11/h4-8H,2-3,9-10H2,1H3. The van der Waals surface area contributed by atoms with E-state index in [0.29, 0.717) is 4.68 Å². The first-order valence-corrected chi connectivity index (χ1v) is 7.09. The number of hydrogen-bond donors (Lipinski definition) is 0. The van der Waals surface area contributed by atoms with Crippen molar-refractivity contribution in [1.82, 2.24) is 0 Å². The average Bonchev–Trinajstić information content (AvgIpc) is 2.25. The van der Waals surface area contributed by atoms with Crippen LogP contribution < -0.4 is 0 Å². The van der Waals surface area contributed by atoms with Crippen molar-refractivity contribution < 1.29 is 4.79 Å². The number of unbranched alkanes of at least 4 members (excludes halogenated alkanes) is 1. The summed E-state index contributed by atoms with van der Waals surface area (Å²) in [5.41, 5.74) is 1.29. The molecule has 0 radical (unpaired) electrons. The van der Waals surface area contributed by atoms with Gasteiger partial charge in [0.1, 0.15) is 0 Å². The molecule has 0 unspecified atom stereocenters. The van der Waals surface area contributed by atoms with Crippen molar-refractivity contribution in [3.05, 3.63) is 35.9 Å². The zero-order valence-corrected chi connectivity index (χ0v) is 10.2. The van der Waals surface area contributed by atoms with Crippen molar-refractivity contribution >= 4 is 19.6 Å². The zero-order valence-electron chi connectivity index (χ0n) is 8.53. The molecule has 0 saturated carbocycles. The molecule has 0 bridgehead atoms. The van der Waals surface area contributed by atoms with E-state index in [1.54, 1.807) is 0 Å². The van der Waals surface area contributed by atoms with Crippen molar-refractivity contribution in [3.63, 3.8) is 0 Å². The van der Waals surface area contributed by atoms with E-state index in [1.807, 2.05) is 18.2 Å². The van der Waals surface area contributed by atoms with Crippen LogP contribution in [0.15, 0.2) is 30.3 Å². The van der Waals surface area contributed by atoms with Gasteiger partial charge in [0.15, 0.2) is 0 Å². The molecule has 0 aliphatic heterocycles. The van der Waals surface area contributed by atoms with Gasteiger partial charge in [0, 0.05) is 0 Å². The molecule has 0 heterocycles. The van der Waals surface area contributed by atoms with Crippen LogP contribution in [-0.2, 0) is 10.1 Å². The van der Waals surface area contributed by atoms with E-state index < -0.39 is 0 Å². The van der Waals surface area contributed by atoms with Crippen LogP contribution in [0, 0.1) is 0 Å². The van der Waals surface area contributed by atoms with Gasteiger partial charge in [-0.3, -0.25) is 0 Å². The quantitative estimate of drug-likeness (QED) is 0.714. The Hall–Kier alpha value is -0.591. The Balaban J connectivity index is 2.24. The SMILES string of the molecule is CCCCC(=O)[Se]Cc1ccccc1. The normalized spacial score (nSPS) is 10.1. The van der Waals surface area contributed by atoms with Crippen LogP contribution in [0.4, 0.5) is 0 Å². The summed E-state index contributed by atoms with van der Waals surface area (Å²) in [4.78, 5) is 11.4. The Morgan fingerprint density at radius 1 is 1.29 bits per heavy atom. The maximum atomic E-state index is 11.4. The predicted molar refractivity (Wildman–Crippen MR) is 60.4 cm³/mol. The van der Waals surface area contributed by atoms with Crippen molar-refractivity contribution in [2.75, 3.05) is 0 Å². The number of benzene rings is 1. The third-order valence-electron chi connectivity index (χ3n) is 1.98. The molecular formula is C12H16OSe. The molecule has 14 heavy (non-hydrogen) atoms. The molecule has 0 amide bonds. The van der Waals surface area contributed by atoms with E-state index >= 15 is 0 Å². The molecule has 0 aliphatic carbocycles. The van der Waals surface area contributed by atoms with Gasteiger partial charge in [-0.1, -0.05) is 0 Å². The first-order valence-electron chi connectivity index (χ1n) is 5.02. The van der Waals surface area contributed by atoms with Gasteiger partial charge in [-0.2, -0.15) is 0 Å². The van der Waals surface area contributed by atoms with Gasteiger partial charge in [0.25, 0.3) is 0 Å². The monoisotopic (exact) mass is 256 g/mol. The topological polar surface area (TPSA) is 17.1 Å². The summed E-state index contributed by atoms with van der Waals surface area (Å²) in [7, 11) is 0. The van der Waals surface area contributed by atoms with Crippen molar-refractivity contribution in [3.8, 4) is 0 Å². The van der Waals surface area contributed by atoms with Crippen LogP contribution in [0.2, 0.25) is 0 Å². The van der Waals surface area contributed by atoms with E-state index in [1.165, 1.54) is 5.56 Å². The second-order valence-corrected chi connectivity index (χ2v) is 5.42. The van der Waals surface area contributed by atoms with E-state index in [0.717, 1.165) is 24.6 Å². The molecule has 0 N–H and O–H groups in total.